The molecular formula is C11H15NO2. The second kappa shape index (κ2) is 4.65. The molecule has 0 saturated heterocycles. The van der Waals surface area contributed by atoms with E-state index >= 15 is 0 Å². The van der Waals surface area contributed by atoms with Gasteiger partial charge in [0.05, 0.1) is 0 Å². The molecule has 0 radical (unpaired) electrons. The highest BCUT2D eigenvalue weighted by atomic mass is 16.5. The third kappa shape index (κ3) is 3.09. The van der Waals surface area contributed by atoms with E-state index in [2.05, 4.69) is 5.32 Å². The zero-order chi connectivity index (χ0) is 10.6. The van der Waals surface area contributed by atoms with E-state index in [1.807, 2.05) is 39.0 Å². The molecule has 0 aliphatic heterocycles. The monoisotopic (exact) mass is 193 g/mol. The standard InChI is InChI=1S/C11H15NO2/c1-4-12-11(13)14-10-6-8(2)5-9(3)7-10/h5-7H,4H2,1-3H3,(H,12,13). The maximum atomic E-state index is 11.1. The van der Waals surface area contributed by atoms with E-state index in [1.165, 1.54) is 0 Å². The fraction of sp³-hybridized carbons (Fsp3) is 0.364. The molecule has 14 heavy (non-hydrogen) atoms. The molecule has 3 heteroatoms. The topological polar surface area (TPSA) is 38.3 Å². The molecule has 0 aliphatic carbocycles. The van der Waals surface area contributed by atoms with Gasteiger partial charge in [-0.1, -0.05) is 6.07 Å². The van der Waals surface area contributed by atoms with Gasteiger partial charge in [0, 0.05) is 6.54 Å². The van der Waals surface area contributed by atoms with Crippen molar-refractivity contribution < 1.29 is 9.53 Å². The Hall–Kier alpha value is -1.51. The van der Waals surface area contributed by atoms with E-state index in [4.69, 9.17) is 4.74 Å². The van der Waals surface area contributed by atoms with Crippen LogP contribution in [0.3, 0.4) is 0 Å². The van der Waals surface area contributed by atoms with Gasteiger partial charge in [-0.3, -0.25) is 0 Å². The van der Waals surface area contributed by atoms with Gasteiger partial charge < -0.3 is 10.1 Å². The van der Waals surface area contributed by atoms with E-state index < -0.39 is 6.09 Å². The smallest absolute Gasteiger partial charge is 0.410 e. The summed E-state index contributed by atoms with van der Waals surface area (Å²) in [6, 6.07) is 5.70. The SMILES string of the molecule is CCNC(=O)Oc1cc(C)cc(C)c1. The second-order valence-electron chi connectivity index (χ2n) is 3.24. The summed E-state index contributed by atoms with van der Waals surface area (Å²) in [5.74, 6) is 0.591. The summed E-state index contributed by atoms with van der Waals surface area (Å²) in [4.78, 5) is 11.1. The van der Waals surface area contributed by atoms with Crippen LogP contribution in [0.4, 0.5) is 4.79 Å². The van der Waals surface area contributed by atoms with Crippen LogP contribution >= 0.6 is 0 Å². The van der Waals surface area contributed by atoms with E-state index in [0.29, 0.717) is 12.3 Å². The van der Waals surface area contributed by atoms with Gasteiger partial charge in [0.2, 0.25) is 0 Å². The second-order valence-corrected chi connectivity index (χ2v) is 3.24. The predicted molar refractivity (Wildman–Crippen MR) is 55.6 cm³/mol. The first-order chi connectivity index (χ1) is 6.61. The fourth-order valence-electron chi connectivity index (χ4n) is 1.28. The maximum Gasteiger partial charge on any atom is 0.412 e. The predicted octanol–water partition coefficient (Wildman–Crippen LogP) is 2.41. The lowest BCUT2D eigenvalue weighted by Gasteiger charge is -2.06. The summed E-state index contributed by atoms with van der Waals surface area (Å²) in [5.41, 5.74) is 2.17. The zero-order valence-electron chi connectivity index (χ0n) is 8.76. The summed E-state index contributed by atoms with van der Waals surface area (Å²) in [6.45, 7) is 6.36. The summed E-state index contributed by atoms with van der Waals surface area (Å²) >= 11 is 0. The minimum Gasteiger partial charge on any atom is -0.410 e. The molecule has 0 aliphatic rings. The van der Waals surface area contributed by atoms with Crippen molar-refractivity contribution in [2.24, 2.45) is 0 Å². The van der Waals surface area contributed by atoms with Crippen molar-refractivity contribution in [3.05, 3.63) is 29.3 Å². The molecule has 3 nitrogen and oxygen atoms in total. The first-order valence-corrected chi connectivity index (χ1v) is 4.66. The van der Waals surface area contributed by atoms with Crippen LogP contribution in [-0.4, -0.2) is 12.6 Å². The van der Waals surface area contributed by atoms with Crippen LogP contribution in [0, 0.1) is 13.8 Å². The number of hydrogen-bond donors (Lipinski definition) is 1. The molecule has 1 aromatic carbocycles. The molecule has 1 rings (SSSR count). The van der Waals surface area contributed by atoms with Crippen LogP contribution in [0.15, 0.2) is 18.2 Å². The summed E-state index contributed by atoms with van der Waals surface area (Å²) in [7, 11) is 0. The maximum absolute atomic E-state index is 11.1. The Labute approximate surface area is 84.1 Å². The number of carbonyl (C=O) groups excluding carboxylic acids is 1. The Morgan fingerprint density at radius 2 is 1.86 bits per heavy atom. The Bertz CT molecular complexity index is 314. The Kier molecular flexibility index (Phi) is 3.51. The molecule has 0 spiro atoms. The third-order valence-corrected chi connectivity index (χ3v) is 1.73. The first-order valence-electron chi connectivity index (χ1n) is 4.66. The lowest BCUT2D eigenvalue weighted by atomic mass is 10.1. The highest BCUT2D eigenvalue weighted by molar-refractivity contribution is 5.70. The highest BCUT2D eigenvalue weighted by Crippen LogP contribution is 2.16. The molecule has 0 aromatic heterocycles. The van der Waals surface area contributed by atoms with E-state index in [1.54, 1.807) is 0 Å². The zero-order valence-corrected chi connectivity index (χ0v) is 8.76. The number of nitrogens with one attached hydrogen (secondary N) is 1. The lowest BCUT2D eigenvalue weighted by Crippen LogP contribution is -2.26. The Morgan fingerprint density at radius 3 is 2.36 bits per heavy atom. The van der Waals surface area contributed by atoms with Crippen LogP contribution in [0.5, 0.6) is 5.75 Å². The third-order valence-electron chi connectivity index (χ3n) is 1.73. The number of hydrogen-bond acceptors (Lipinski definition) is 2. The fourth-order valence-corrected chi connectivity index (χ4v) is 1.28. The van der Waals surface area contributed by atoms with Crippen LogP contribution in [-0.2, 0) is 0 Å². The Balaban J connectivity index is 2.71. The number of ether oxygens (including phenoxy) is 1. The number of rotatable bonds is 2. The summed E-state index contributed by atoms with van der Waals surface area (Å²) in [5, 5.41) is 2.57. The van der Waals surface area contributed by atoms with Gasteiger partial charge in [0.15, 0.2) is 0 Å². The van der Waals surface area contributed by atoms with Crippen LogP contribution in [0.2, 0.25) is 0 Å². The van der Waals surface area contributed by atoms with Crippen molar-refractivity contribution in [3.8, 4) is 5.75 Å². The number of benzene rings is 1. The first kappa shape index (κ1) is 10.6. The van der Waals surface area contributed by atoms with Gasteiger partial charge in [0.25, 0.3) is 0 Å². The quantitative estimate of drug-likeness (QED) is 0.783. The highest BCUT2D eigenvalue weighted by Gasteiger charge is 2.02. The molecular weight excluding hydrogens is 178 g/mol. The minimum absolute atomic E-state index is 0.405. The number of carbonyl (C=O) groups is 1. The van der Waals surface area contributed by atoms with Crippen molar-refractivity contribution in [1.82, 2.24) is 5.32 Å². The van der Waals surface area contributed by atoms with Gasteiger partial charge in [-0.2, -0.15) is 0 Å². The van der Waals surface area contributed by atoms with Crippen LogP contribution < -0.4 is 10.1 Å². The molecule has 76 valence electrons. The largest absolute Gasteiger partial charge is 0.412 e. The van der Waals surface area contributed by atoms with E-state index in [0.717, 1.165) is 11.1 Å². The van der Waals surface area contributed by atoms with Gasteiger partial charge in [0.1, 0.15) is 5.75 Å². The van der Waals surface area contributed by atoms with Crippen molar-refractivity contribution in [2.75, 3.05) is 6.54 Å². The molecule has 0 fully saturated rings. The van der Waals surface area contributed by atoms with Crippen molar-refractivity contribution in [3.63, 3.8) is 0 Å². The molecule has 0 bridgehead atoms. The average molecular weight is 193 g/mol. The molecule has 0 atom stereocenters. The molecule has 0 heterocycles. The van der Waals surface area contributed by atoms with Crippen molar-refractivity contribution in [1.29, 1.82) is 0 Å². The van der Waals surface area contributed by atoms with Gasteiger partial charge in [-0.25, -0.2) is 4.79 Å². The van der Waals surface area contributed by atoms with Gasteiger partial charge in [-0.15, -0.1) is 0 Å². The van der Waals surface area contributed by atoms with Crippen LogP contribution in [0.1, 0.15) is 18.1 Å². The van der Waals surface area contributed by atoms with Gasteiger partial charge >= 0.3 is 6.09 Å². The number of amides is 1. The Morgan fingerprint density at radius 1 is 1.29 bits per heavy atom. The number of aryl methyl sites for hydroxylation is 2. The molecule has 1 amide bonds. The average Bonchev–Trinajstić information content (AvgIpc) is 2.01. The van der Waals surface area contributed by atoms with Crippen molar-refractivity contribution >= 4 is 6.09 Å². The summed E-state index contributed by atoms with van der Waals surface area (Å²) < 4.78 is 5.07. The minimum atomic E-state index is -0.405. The van der Waals surface area contributed by atoms with Crippen LogP contribution in [0.25, 0.3) is 0 Å². The molecule has 1 N–H and O–H groups in total. The van der Waals surface area contributed by atoms with E-state index in [-0.39, 0.29) is 0 Å². The molecule has 0 saturated carbocycles. The normalized spacial score (nSPS) is 9.64. The van der Waals surface area contributed by atoms with Crippen molar-refractivity contribution in [2.45, 2.75) is 20.8 Å². The lowest BCUT2D eigenvalue weighted by molar-refractivity contribution is 0.201. The van der Waals surface area contributed by atoms with Gasteiger partial charge in [-0.05, 0) is 44.0 Å². The summed E-state index contributed by atoms with van der Waals surface area (Å²) in [6.07, 6.45) is -0.405. The van der Waals surface area contributed by atoms with E-state index in [9.17, 15) is 4.79 Å². The molecule has 0 unspecified atom stereocenters. The molecule has 1 aromatic rings.